The number of nitrogens with one attached hydrogen (secondary N) is 3. The minimum absolute atomic E-state index is 0.0957. The quantitative estimate of drug-likeness (QED) is 0.366. The summed E-state index contributed by atoms with van der Waals surface area (Å²) in [7, 11) is 0. The van der Waals surface area contributed by atoms with Gasteiger partial charge in [0, 0.05) is 11.7 Å². The first kappa shape index (κ1) is 20.3. The number of carbonyl (C=O) groups excluding carboxylic acids is 3. The van der Waals surface area contributed by atoms with Gasteiger partial charge in [0.1, 0.15) is 5.75 Å². The van der Waals surface area contributed by atoms with Crippen molar-refractivity contribution in [2.75, 3.05) is 11.9 Å². The van der Waals surface area contributed by atoms with Crippen molar-refractivity contribution in [1.29, 1.82) is 0 Å². The van der Waals surface area contributed by atoms with E-state index in [2.05, 4.69) is 21.2 Å². The second-order valence-corrected chi connectivity index (χ2v) is 6.75. The molecule has 1 saturated carbocycles. The number of hydrogen-bond donors (Lipinski definition) is 3. The van der Waals surface area contributed by atoms with Crippen LogP contribution in [0.3, 0.4) is 0 Å². The smallest absolute Gasteiger partial charge is 0.329 e. The molecule has 2 aromatic rings. The van der Waals surface area contributed by atoms with E-state index < -0.39 is 11.8 Å². The number of carbonyl (C=O) groups is 3. The predicted octanol–water partition coefficient (Wildman–Crippen LogP) is 2.09. The first-order valence-corrected chi connectivity index (χ1v) is 9.30. The average molecular weight is 415 g/mol. The van der Waals surface area contributed by atoms with E-state index in [1.54, 1.807) is 30.3 Å². The van der Waals surface area contributed by atoms with E-state index in [-0.39, 0.29) is 23.6 Å². The zero-order valence-electron chi connectivity index (χ0n) is 15.4. The predicted molar refractivity (Wildman–Crippen MR) is 109 cm³/mol. The average Bonchev–Trinajstić information content (AvgIpc) is 3.52. The molecular formula is C20H19ClN4O4. The van der Waals surface area contributed by atoms with Gasteiger partial charge in [-0.3, -0.25) is 14.4 Å². The number of hydrazone groups is 1. The highest BCUT2D eigenvalue weighted by atomic mass is 35.5. The largest absolute Gasteiger partial charge is 0.482 e. The summed E-state index contributed by atoms with van der Waals surface area (Å²) in [6.07, 6.45) is 3.13. The summed E-state index contributed by atoms with van der Waals surface area (Å²) in [5.74, 6) is -1.52. The van der Waals surface area contributed by atoms with Crippen molar-refractivity contribution in [2.45, 2.75) is 18.9 Å². The summed E-state index contributed by atoms with van der Waals surface area (Å²) >= 11 is 6.16. The number of benzene rings is 2. The highest BCUT2D eigenvalue weighted by Crippen LogP contribution is 2.25. The molecule has 8 nitrogen and oxygen atoms in total. The Morgan fingerprint density at radius 1 is 1.10 bits per heavy atom. The van der Waals surface area contributed by atoms with Crippen LogP contribution in [-0.2, 0) is 14.4 Å². The SMILES string of the molecule is O=C(COc1ccc(/C=N\NC(=O)C(=O)NC2CC2)cc1Cl)Nc1ccccc1. The Bertz CT molecular complexity index is 929. The van der Waals surface area contributed by atoms with Gasteiger partial charge in [0.15, 0.2) is 6.61 Å². The Balaban J connectivity index is 1.47. The lowest BCUT2D eigenvalue weighted by molar-refractivity contribution is -0.139. The molecule has 3 N–H and O–H groups in total. The zero-order chi connectivity index (χ0) is 20.6. The molecule has 1 aliphatic rings. The van der Waals surface area contributed by atoms with Crippen LogP contribution in [0.2, 0.25) is 5.02 Å². The van der Waals surface area contributed by atoms with E-state index in [1.807, 2.05) is 18.2 Å². The fourth-order valence-corrected chi connectivity index (χ4v) is 2.51. The van der Waals surface area contributed by atoms with E-state index in [4.69, 9.17) is 16.3 Å². The number of ether oxygens (including phenoxy) is 1. The first-order chi connectivity index (χ1) is 14.0. The van der Waals surface area contributed by atoms with Crippen molar-refractivity contribution >= 4 is 41.2 Å². The van der Waals surface area contributed by atoms with Gasteiger partial charge in [0.2, 0.25) is 0 Å². The van der Waals surface area contributed by atoms with E-state index in [0.29, 0.717) is 17.0 Å². The molecule has 0 unspecified atom stereocenters. The summed E-state index contributed by atoms with van der Waals surface area (Å²) in [4.78, 5) is 35.0. The molecule has 150 valence electrons. The van der Waals surface area contributed by atoms with E-state index in [9.17, 15) is 14.4 Å². The van der Waals surface area contributed by atoms with Crippen LogP contribution < -0.4 is 20.8 Å². The number of amides is 3. The molecule has 0 radical (unpaired) electrons. The molecule has 0 heterocycles. The molecule has 0 aliphatic heterocycles. The zero-order valence-corrected chi connectivity index (χ0v) is 16.1. The van der Waals surface area contributed by atoms with Gasteiger partial charge in [-0.15, -0.1) is 0 Å². The normalized spacial score (nSPS) is 13.0. The standard InChI is InChI=1S/C20H19ClN4O4/c21-16-10-13(11-22-25-20(28)19(27)24-15-7-8-15)6-9-17(16)29-12-18(26)23-14-4-2-1-3-5-14/h1-6,9-11,15H,7-8,12H2,(H,23,26)(H,24,27)(H,25,28)/b22-11-. The molecule has 2 aromatic carbocycles. The number of para-hydroxylation sites is 1. The molecule has 1 aliphatic carbocycles. The number of nitrogens with zero attached hydrogens (tertiary/aromatic N) is 1. The molecule has 0 spiro atoms. The maximum Gasteiger partial charge on any atom is 0.329 e. The van der Waals surface area contributed by atoms with E-state index >= 15 is 0 Å². The molecule has 0 saturated heterocycles. The Hall–Kier alpha value is -3.39. The third-order valence-corrected chi connectivity index (χ3v) is 4.17. The first-order valence-electron chi connectivity index (χ1n) is 8.92. The van der Waals surface area contributed by atoms with Crippen LogP contribution in [0.4, 0.5) is 5.69 Å². The second kappa shape index (κ2) is 9.70. The Morgan fingerprint density at radius 2 is 1.86 bits per heavy atom. The summed E-state index contributed by atoms with van der Waals surface area (Å²) < 4.78 is 5.43. The monoisotopic (exact) mass is 414 g/mol. The fraction of sp³-hybridized carbons (Fsp3) is 0.200. The van der Waals surface area contributed by atoms with Gasteiger partial charge in [0.05, 0.1) is 11.2 Å². The van der Waals surface area contributed by atoms with Crippen molar-refractivity contribution in [3.05, 3.63) is 59.1 Å². The van der Waals surface area contributed by atoms with Gasteiger partial charge in [-0.1, -0.05) is 29.8 Å². The van der Waals surface area contributed by atoms with Gasteiger partial charge >= 0.3 is 11.8 Å². The lowest BCUT2D eigenvalue weighted by Gasteiger charge is -2.09. The number of halogens is 1. The lowest BCUT2D eigenvalue weighted by Crippen LogP contribution is -2.38. The van der Waals surface area contributed by atoms with Gasteiger partial charge in [-0.05, 0) is 48.7 Å². The minimum atomic E-state index is -0.830. The summed E-state index contributed by atoms with van der Waals surface area (Å²) in [5, 5.41) is 9.28. The number of anilines is 1. The summed E-state index contributed by atoms with van der Waals surface area (Å²) in [6, 6.07) is 13.9. The van der Waals surface area contributed by atoms with Crippen molar-refractivity contribution < 1.29 is 19.1 Å². The maximum absolute atomic E-state index is 11.9. The van der Waals surface area contributed by atoms with E-state index in [0.717, 1.165) is 12.8 Å². The van der Waals surface area contributed by atoms with Crippen molar-refractivity contribution in [2.24, 2.45) is 5.10 Å². The van der Waals surface area contributed by atoms with Crippen LogP contribution >= 0.6 is 11.6 Å². The molecule has 9 heteroatoms. The van der Waals surface area contributed by atoms with Gasteiger partial charge < -0.3 is 15.4 Å². The van der Waals surface area contributed by atoms with Crippen molar-refractivity contribution in [3.63, 3.8) is 0 Å². The Morgan fingerprint density at radius 3 is 2.55 bits per heavy atom. The molecule has 0 atom stereocenters. The molecule has 0 aromatic heterocycles. The fourth-order valence-electron chi connectivity index (χ4n) is 2.27. The highest BCUT2D eigenvalue weighted by Gasteiger charge is 2.26. The van der Waals surface area contributed by atoms with Crippen molar-refractivity contribution in [3.8, 4) is 5.75 Å². The molecule has 0 bridgehead atoms. The third-order valence-electron chi connectivity index (χ3n) is 3.87. The lowest BCUT2D eigenvalue weighted by atomic mass is 10.2. The molecule has 29 heavy (non-hydrogen) atoms. The van der Waals surface area contributed by atoms with Crippen LogP contribution in [0, 0.1) is 0 Å². The van der Waals surface area contributed by atoms with E-state index in [1.165, 1.54) is 6.21 Å². The van der Waals surface area contributed by atoms with Crippen molar-refractivity contribution in [1.82, 2.24) is 10.7 Å². The number of rotatable bonds is 7. The molecule has 1 fully saturated rings. The van der Waals surface area contributed by atoms with Crippen LogP contribution in [-0.4, -0.2) is 36.6 Å². The summed E-state index contributed by atoms with van der Waals surface area (Å²) in [6.45, 7) is -0.200. The Labute approximate surface area is 172 Å². The second-order valence-electron chi connectivity index (χ2n) is 6.34. The van der Waals surface area contributed by atoms with Crippen LogP contribution in [0.5, 0.6) is 5.75 Å². The highest BCUT2D eigenvalue weighted by molar-refractivity contribution is 6.35. The van der Waals surface area contributed by atoms with Gasteiger partial charge in [0.25, 0.3) is 5.91 Å². The topological polar surface area (TPSA) is 109 Å². The molecular weight excluding hydrogens is 396 g/mol. The molecule has 3 rings (SSSR count). The third kappa shape index (κ3) is 6.62. The van der Waals surface area contributed by atoms with Crippen LogP contribution in [0.25, 0.3) is 0 Å². The minimum Gasteiger partial charge on any atom is -0.482 e. The van der Waals surface area contributed by atoms with Gasteiger partial charge in [-0.25, -0.2) is 5.43 Å². The van der Waals surface area contributed by atoms with Crippen LogP contribution in [0.1, 0.15) is 18.4 Å². The number of hydrogen-bond acceptors (Lipinski definition) is 5. The summed E-state index contributed by atoms with van der Waals surface area (Å²) in [5.41, 5.74) is 3.41. The van der Waals surface area contributed by atoms with Gasteiger partial charge in [-0.2, -0.15) is 5.10 Å². The maximum atomic E-state index is 11.9. The Kier molecular flexibility index (Phi) is 6.80. The van der Waals surface area contributed by atoms with Crippen LogP contribution in [0.15, 0.2) is 53.6 Å². The molecule has 3 amide bonds.